The Morgan fingerprint density at radius 1 is 1.12 bits per heavy atom. The second kappa shape index (κ2) is 5.76. The van der Waals surface area contributed by atoms with E-state index < -0.39 is 5.82 Å². The highest BCUT2D eigenvalue weighted by Crippen LogP contribution is 2.55. The number of nitrogens with zero attached hydrogens (tertiary/aromatic N) is 1. The summed E-state index contributed by atoms with van der Waals surface area (Å²) in [7, 11) is 0. The maximum Gasteiger partial charge on any atom is 0.321 e. The van der Waals surface area contributed by atoms with Gasteiger partial charge in [-0.05, 0) is 61.1 Å². The predicted octanol–water partition coefficient (Wildman–Crippen LogP) is 3.29. The summed E-state index contributed by atoms with van der Waals surface area (Å²) in [6, 6.07) is 4.08. The number of hydrogen-bond donors (Lipinski definition) is 2. The third kappa shape index (κ3) is 2.64. The molecule has 6 heteroatoms. The molecule has 24 heavy (non-hydrogen) atoms. The molecule has 3 amide bonds. The Kier molecular flexibility index (Phi) is 3.70. The number of halogens is 1. The molecule has 1 saturated heterocycles. The molecule has 0 unspecified atom stereocenters. The van der Waals surface area contributed by atoms with E-state index in [-0.39, 0.29) is 17.6 Å². The Morgan fingerprint density at radius 3 is 2.42 bits per heavy atom. The van der Waals surface area contributed by atoms with Gasteiger partial charge in [0.05, 0.1) is 5.69 Å². The van der Waals surface area contributed by atoms with E-state index >= 15 is 0 Å². The summed E-state index contributed by atoms with van der Waals surface area (Å²) in [5.74, 6) is 2.07. The number of anilines is 2. The van der Waals surface area contributed by atoms with Gasteiger partial charge in [-0.25, -0.2) is 9.18 Å². The Morgan fingerprint density at radius 2 is 1.79 bits per heavy atom. The SMILES string of the molecule is CC(=O)Nc1cc(NC(=O)N2C[C@@H]3[C@@H]4CC[C@@H](C4)[C@@H]3C2)ccc1F. The number of fused-ring (bicyclic) bond motifs is 5. The van der Waals surface area contributed by atoms with Crippen molar-refractivity contribution >= 4 is 23.3 Å². The Bertz CT molecular complexity index is 675. The van der Waals surface area contributed by atoms with E-state index in [4.69, 9.17) is 0 Å². The number of rotatable bonds is 2. The molecule has 4 atom stereocenters. The first-order valence-electron chi connectivity index (χ1n) is 8.64. The van der Waals surface area contributed by atoms with Gasteiger partial charge in [-0.3, -0.25) is 4.79 Å². The number of carbonyl (C=O) groups excluding carboxylic acids is 2. The standard InChI is InChI=1S/C18H22FN3O2/c1-10(23)20-17-7-13(4-5-16(17)19)21-18(24)22-8-14-11-2-3-12(6-11)15(14)9-22/h4-5,7,11-12,14-15H,2-3,6,8-9H2,1H3,(H,20,23)(H,21,24)/t11-,12+,14-,15+. The van der Waals surface area contributed by atoms with Crippen LogP contribution in [0.25, 0.3) is 0 Å². The van der Waals surface area contributed by atoms with Crippen LogP contribution in [-0.2, 0) is 4.79 Å². The van der Waals surface area contributed by atoms with Crippen molar-refractivity contribution < 1.29 is 14.0 Å². The molecule has 4 rings (SSSR count). The van der Waals surface area contributed by atoms with Crippen LogP contribution in [0.3, 0.4) is 0 Å². The van der Waals surface area contributed by atoms with Crippen LogP contribution < -0.4 is 10.6 Å². The molecule has 2 N–H and O–H groups in total. The molecule has 3 fully saturated rings. The highest BCUT2D eigenvalue weighted by molar-refractivity contribution is 5.92. The molecular formula is C18H22FN3O2. The first-order valence-corrected chi connectivity index (χ1v) is 8.64. The van der Waals surface area contributed by atoms with Crippen molar-refractivity contribution in [2.45, 2.75) is 26.2 Å². The van der Waals surface area contributed by atoms with E-state index in [1.54, 1.807) is 0 Å². The van der Waals surface area contributed by atoms with Crippen LogP contribution in [0.2, 0.25) is 0 Å². The van der Waals surface area contributed by atoms with Crippen molar-refractivity contribution in [3.05, 3.63) is 24.0 Å². The van der Waals surface area contributed by atoms with E-state index in [1.807, 2.05) is 4.90 Å². The summed E-state index contributed by atoms with van der Waals surface area (Å²) in [4.78, 5) is 25.5. The topological polar surface area (TPSA) is 61.4 Å². The summed E-state index contributed by atoms with van der Waals surface area (Å²) in [5, 5.41) is 5.26. The molecule has 1 aromatic rings. The number of benzene rings is 1. The van der Waals surface area contributed by atoms with Gasteiger partial charge < -0.3 is 15.5 Å². The minimum absolute atomic E-state index is 0.0802. The molecule has 0 radical (unpaired) electrons. The van der Waals surface area contributed by atoms with Gasteiger partial charge in [0.1, 0.15) is 5.82 Å². The Labute approximate surface area is 140 Å². The Hall–Kier alpha value is -2.11. The molecule has 1 heterocycles. The summed E-state index contributed by atoms with van der Waals surface area (Å²) in [5.41, 5.74) is 0.571. The van der Waals surface area contributed by atoms with Gasteiger partial charge >= 0.3 is 6.03 Å². The number of nitrogens with one attached hydrogen (secondary N) is 2. The summed E-state index contributed by atoms with van der Waals surface area (Å²) in [6.07, 6.45) is 3.99. The molecule has 0 spiro atoms. The second-order valence-corrected chi connectivity index (χ2v) is 7.37. The number of likely N-dealkylation sites (tertiary alicyclic amines) is 1. The molecule has 128 valence electrons. The second-order valence-electron chi connectivity index (χ2n) is 7.37. The van der Waals surface area contributed by atoms with Crippen molar-refractivity contribution in [2.75, 3.05) is 23.7 Å². The lowest BCUT2D eigenvalue weighted by atomic mass is 9.82. The van der Waals surface area contributed by atoms with Crippen molar-refractivity contribution in [3.63, 3.8) is 0 Å². The molecule has 0 aromatic heterocycles. The zero-order chi connectivity index (χ0) is 16.8. The molecular weight excluding hydrogens is 309 g/mol. The minimum atomic E-state index is -0.518. The van der Waals surface area contributed by atoms with Crippen LogP contribution in [0, 0.1) is 29.5 Å². The van der Waals surface area contributed by atoms with Gasteiger partial charge in [-0.2, -0.15) is 0 Å². The average molecular weight is 331 g/mol. The van der Waals surface area contributed by atoms with Crippen LogP contribution >= 0.6 is 0 Å². The first-order chi connectivity index (χ1) is 11.5. The number of carbonyl (C=O) groups is 2. The quantitative estimate of drug-likeness (QED) is 0.873. The van der Waals surface area contributed by atoms with Crippen LogP contribution in [0.4, 0.5) is 20.6 Å². The largest absolute Gasteiger partial charge is 0.324 e. The van der Waals surface area contributed by atoms with Crippen molar-refractivity contribution in [1.82, 2.24) is 4.90 Å². The minimum Gasteiger partial charge on any atom is -0.324 e. The van der Waals surface area contributed by atoms with Gasteiger partial charge in [0.2, 0.25) is 5.91 Å². The van der Waals surface area contributed by atoms with Gasteiger partial charge in [-0.15, -0.1) is 0 Å². The fraction of sp³-hybridized carbons (Fsp3) is 0.556. The number of amides is 3. The van der Waals surface area contributed by atoms with E-state index in [0.29, 0.717) is 17.5 Å². The lowest BCUT2D eigenvalue weighted by Crippen LogP contribution is -2.34. The fourth-order valence-electron chi connectivity index (χ4n) is 4.94. The van der Waals surface area contributed by atoms with Gasteiger partial charge in [0.25, 0.3) is 0 Å². The summed E-state index contributed by atoms with van der Waals surface area (Å²) >= 11 is 0. The lowest BCUT2D eigenvalue weighted by molar-refractivity contribution is -0.114. The third-order valence-electron chi connectivity index (χ3n) is 5.95. The summed E-state index contributed by atoms with van der Waals surface area (Å²) < 4.78 is 13.7. The highest BCUT2D eigenvalue weighted by Gasteiger charge is 2.52. The molecule has 2 saturated carbocycles. The van der Waals surface area contributed by atoms with E-state index in [1.165, 1.54) is 44.4 Å². The molecule has 3 aliphatic rings. The predicted molar refractivity (Wildman–Crippen MR) is 89.1 cm³/mol. The van der Waals surface area contributed by atoms with E-state index in [9.17, 15) is 14.0 Å². The monoisotopic (exact) mass is 331 g/mol. The fourth-order valence-corrected chi connectivity index (χ4v) is 4.94. The maximum atomic E-state index is 13.7. The molecule has 5 nitrogen and oxygen atoms in total. The zero-order valence-electron chi connectivity index (χ0n) is 13.7. The maximum absolute atomic E-state index is 13.7. The normalized spacial score (nSPS) is 30.3. The van der Waals surface area contributed by atoms with Crippen molar-refractivity contribution in [1.29, 1.82) is 0 Å². The average Bonchev–Trinajstić information content (AvgIpc) is 3.21. The van der Waals surface area contributed by atoms with Crippen LogP contribution in [0.1, 0.15) is 26.2 Å². The van der Waals surface area contributed by atoms with E-state index in [0.717, 1.165) is 24.9 Å². The van der Waals surface area contributed by atoms with Gasteiger partial charge in [-0.1, -0.05) is 0 Å². The zero-order valence-corrected chi connectivity index (χ0v) is 13.7. The van der Waals surface area contributed by atoms with Gasteiger partial charge in [0, 0.05) is 25.7 Å². The molecule has 2 bridgehead atoms. The van der Waals surface area contributed by atoms with E-state index in [2.05, 4.69) is 10.6 Å². The van der Waals surface area contributed by atoms with Crippen LogP contribution in [-0.4, -0.2) is 29.9 Å². The smallest absolute Gasteiger partial charge is 0.321 e. The summed E-state index contributed by atoms with van der Waals surface area (Å²) in [6.45, 7) is 2.98. The number of hydrogen-bond acceptors (Lipinski definition) is 2. The van der Waals surface area contributed by atoms with Crippen molar-refractivity contribution in [2.24, 2.45) is 23.7 Å². The molecule has 1 aliphatic heterocycles. The molecule has 1 aromatic carbocycles. The van der Waals surface area contributed by atoms with Crippen LogP contribution in [0.15, 0.2) is 18.2 Å². The molecule has 2 aliphatic carbocycles. The van der Waals surface area contributed by atoms with Crippen LogP contribution in [0.5, 0.6) is 0 Å². The Balaban J connectivity index is 1.42. The van der Waals surface area contributed by atoms with Gasteiger partial charge in [0.15, 0.2) is 0 Å². The highest BCUT2D eigenvalue weighted by atomic mass is 19.1. The third-order valence-corrected chi connectivity index (χ3v) is 5.95. The lowest BCUT2D eigenvalue weighted by Gasteiger charge is -2.22. The van der Waals surface area contributed by atoms with Crippen molar-refractivity contribution in [3.8, 4) is 0 Å². The number of urea groups is 1. The first kappa shape index (κ1) is 15.4.